The summed E-state index contributed by atoms with van der Waals surface area (Å²) in [6.45, 7) is 3.81. The molecule has 4 N–H and O–H groups in total. The maximum Gasteiger partial charge on any atom is 0.303 e. The predicted octanol–water partition coefficient (Wildman–Crippen LogP) is 1.63. The third-order valence-electron chi connectivity index (χ3n) is 2.94. The number of aliphatic carboxylic acids is 1. The molecule has 0 bridgehead atoms. The Kier molecular flexibility index (Phi) is 5.06. The number of aryl methyl sites for hydroxylation is 1. The quantitative estimate of drug-likeness (QED) is 0.728. The van der Waals surface area contributed by atoms with Crippen molar-refractivity contribution in [2.45, 2.75) is 26.7 Å². The lowest BCUT2D eigenvalue weighted by molar-refractivity contribution is -0.137. The van der Waals surface area contributed by atoms with Gasteiger partial charge in [0, 0.05) is 18.7 Å². The van der Waals surface area contributed by atoms with E-state index >= 15 is 0 Å². The third kappa shape index (κ3) is 4.71. The summed E-state index contributed by atoms with van der Waals surface area (Å²) < 4.78 is 0. The Bertz CT molecular complexity index is 470. The Morgan fingerprint density at radius 3 is 2.63 bits per heavy atom. The minimum atomic E-state index is -0.835. The smallest absolute Gasteiger partial charge is 0.303 e. The van der Waals surface area contributed by atoms with Crippen molar-refractivity contribution in [3.63, 3.8) is 0 Å². The summed E-state index contributed by atoms with van der Waals surface area (Å²) >= 11 is 0. The molecular formula is C14H20N2O3. The van der Waals surface area contributed by atoms with Gasteiger partial charge in [0.25, 0.3) is 0 Å². The van der Waals surface area contributed by atoms with Gasteiger partial charge in [-0.2, -0.15) is 0 Å². The van der Waals surface area contributed by atoms with E-state index in [1.165, 1.54) is 0 Å². The summed E-state index contributed by atoms with van der Waals surface area (Å²) in [4.78, 5) is 22.5. The van der Waals surface area contributed by atoms with Crippen molar-refractivity contribution in [2.75, 3.05) is 11.9 Å². The lowest BCUT2D eigenvalue weighted by Gasteiger charge is -2.21. The fourth-order valence-corrected chi connectivity index (χ4v) is 1.45. The van der Waals surface area contributed by atoms with Crippen molar-refractivity contribution in [3.8, 4) is 0 Å². The molecule has 0 fully saturated rings. The predicted molar refractivity (Wildman–Crippen MR) is 73.9 cm³/mol. The van der Waals surface area contributed by atoms with Gasteiger partial charge in [-0.25, -0.2) is 0 Å². The average Bonchev–Trinajstić information content (AvgIpc) is 2.36. The molecule has 0 heterocycles. The second kappa shape index (κ2) is 6.33. The van der Waals surface area contributed by atoms with Crippen LogP contribution in [0.1, 0.15) is 25.8 Å². The van der Waals surface area contributed by atoms with Crippen LogP contribution in [0.2, 0.25) is 0 Å². The fourth-order valence-electron chi connectivity index (χ4n) is 1.45. The molecule has 0 aliphatic heterocycles. The zero-order valence-electron chi connectivity index (χ0n) is 11.3. The van der Waals surface area contributed by atoms with Crippen LogP contribution in [0.4, 0.5) is 5.69 Å². The van der Waals surface area contributed by atoms with E-state index in [0.717, 1.165) is 5.56 Å². The molecule has 0 aliphatic carbocycles. The highest BCUT2D eigenvalue weighted by molar-refractivity contribution is 5.95. The number of rotatable bonds is 6. The molecule has 0 saturated carbocycles. The van der Waals surface area contributed by atoms with Gasteiger partial charge in [0.05, 0.1) is 5.41 Å². The maximum atomic E-state index is 12.0. The van der Waals surface area contributed by atoms with Gasteiger partial charge in [-0.1, -0.05) is 12.1 Å². The molecule has 1 rings (SSSR count). The van der Waals surface area contributed by atoms with Crippen molar-refractivity contribution in [1.82, 2.24) is 0 Å². The normalized spacial score (nSPS) is 11.1. The highest BCUT2D eigenvalue weighted by Crippen LogP contribution is 2.18. The first kappa shape index (κ1) is 15.2. The second-order valence-corrected chi connectivity index (χ2v) is 5.14. The van der Waals surface area contributed by atoms with E-state index in [0.29, 0.717) is 12.1 Å². The second-order valence-electron chi connectivity index (χ2n) is 5.14. The Labute approximate surface area is 112 Å². The topological polar surface area (TPSA) is 92.4 Å². The molecule has 0 unspecified atom stereocenters. The number of carboxylic acid groups (broad SMARTS) is 1. The lowest BCUT2D eigenvalue weighted by atomic mass is 9.92. The highest BCUT2D eigenvalue weighted by Gasteiger charge is 2.25. The first-order valence-electron chi connectivity index (χ1n) is 6.17. The Morgan fingerprint density at radius 2 is 2.05 bits per heavy atom. The molecule has 104 valence electrons. The number of carbonyl (C=O) groups is 2. The van der Waals surface area contributed by atoms with Crippen LogP contribution in [0.3, 0.4) is 0 Å². The van der Waals surface area contributed by atoms with Crippen molar-refractivity contribution in [1.29, 1.82) is 0 Å². The molecular weight excluding hydrogens is 244 g/mol. The molecule has 1 aromatic rings. The molecule has 0 atom stereocenters. The number of benzene rings is 1. The summed E-state index contributed by atoms with van der Waals surface area (Å²) in [7, 11) is 0. The lowest BCUT2D eigenvalue weighted by Crippen LogP contribution is -2.37. The number of nitrogens with two attached hydrogens (primary N) is 1. The van der Waals surface area contributed by atoms with Crippen LogP contribution in [-0.4, -0.2) is 23.5 Å². The number of hydrogen-bond acceptors (Lipinski definition) is 3. The van der Waals surface area contributed by atoms with Gasteiger partial charge >= 0.3 is 5.97 Å². The van der Waals surface area contributed by atoms with E-state index < -0.39 is 11.4 Å². The minimum Gasteiger partial charge on any atom is -0.481 e. The molecule has 1 amide bonds. The molecule has 0 spiro atoms. The molecule has 19 heavy (non-hydrogen) atoms. The van der Waals surface area contributed by atoms with E-state index in [1.807, 2.05) is 6.07 Å². The van der Waals surface area contributed by atoms with Crippen molar-refractivity contribution >= 4 is 17.6 Å². The van der Waals surface area contributed by atoms with Gasteiger partial charge in [-0.05, 0) is 38.0 Å². The number of carbonyl (C=O) groups excluding carboxylic acids is 1. The summed E-state index contributed by atoms with van der Waals surface area (Å²) in [5, 5.41) is 11.4. The number of carboxylic acids is 1. The van der Waals surface area contributed by atoms with E-state index in [2.05, 4.69) is 5.32 Å². The third-order valence-corrected chi connectivity index (χ3v) is 2.94. The monoisotopic (exact) mass is 264 g/mol. The summed E-state index contributed by atoms with van der Waals surface area (Å²) in [6, 6.07) is 7.19. The van der Waals surface area contributed by atoms with Crippen LogP contribution in [-0.2, 0) is 16.0 Å². The van der Waals surface area contributed by atoms with Crippen LogP contribution in [0.15, 0.2) is 24.3 Å². The largest absolute Gasteiger partial charge is 0.481 e. The fraction of sp³-hybridized carbons (Fsp3) is 0.429. The van der Waals surface area contributed by atoms with Crippen molar-refractivity contribution in [2.24, 2.45) is 11.1 Å². The maximum absolute atomic E-state index is 12.0. The van der Waals surface area contributed by atoms with Crippen LogP contribution in [0.5, 0.6) is 0 Å². The van der Waals surface area contributed by atoms with Gasteiger partial charge < -0.3 is 16.2 Å². The van der Waals surface area contributed by atoms with E-state index in [1.54, 1.807) is 32.0 Å². The minimum absolute atomic E-state index is 0.0751. The Balaban J connectivity index is 2.72. The average molecular weight is 264 g/mol. The molecule has 0 radical (unpaired) electrons. The van der Waals surface area contributed by atoms with Crippen molar-refractivity contribution in [3.05, 3.63) is 29.8 Å². The zero-order chi connectivity index (χ0) is 14.5. The van der Waals surface area contributed by atoms with Crippen molar-refractivity contribution < 1.29 is 14.7 Å². The zero-order valence-corrected chi connectivity index (χ0v) is 11.3. The van der Waals surface area contributed by atoms with E-state index in [9.17, 15) is 9.59 Å². The molecule has 0 aromatic heterocycles. The Morgan fingerprint density at radius 1 is 1.37 bits per heavy atom. The standard InChI is InChI=1S/C14H20N2O3/c1-14(2,9-15)13(19)16-11-5-3-4-10(8-11)6-7-12(17)18/h3-5,8H,6-7,9,15H2,1-2H3,(H,16,19)(H,17,18). The molecule has 5 heteroatoms. The van der Waals surface area contributed by atoms with Gasteiger partial charge in [0.1, 0.15) is 0 Å². The van der Waals surface area contributed by atoms with E-state index in [4.69, 9.17) is 10.8 Å². The summed E-state index contributed by atoms with van der Waals surface area (Å²) in [5.74, 6) is -0.982. The number of anilines is 1. The number of hydrogen-bond donors (Lipinski definition) is 3. The summed E-state index contributed by atoms with van der Waals surface area (Å²) in [6.07, 6.45) is 0.519. The molecule has 0 saturated heterocycles. The van der Waals surface area contributed by atoms with Crippen LogP contribution >= 0.6 is 0 Å². The molecule has 5 nitrogen and oxygen atoms in total. The van der Waals surface area contributed by atoms with Gasteiger partial charge in [0.2, 0.25) is 5.91 Å². The Hall–Kier alpha value is -1.88. The van der Waals surface area contributed by atoms with Gasteiger partial charge in [-0.15, -0.1) is 0 Å². The van der Waals surface area contributed by atoms with Crippen LogP contribution in [0, 0.1) is 5.41 Å². The SMILES string of the molecule is CC(C)(CN)C(=O)Nc1cccc(CCC(=O)O)c1. The number of nitrogens with one attached hydrogen (secondary N) is 1. The highest BCUT2D eigenvalue weighted by atomic mass is 16.4. The van der Waals surface area contributed by atoms with Crippen LogP contribution < -0.4 is 11.1 Å². The number of amides is 1. The molecule has 1 aromatic carbocycles. The summed E-state index contributed by atoms with van der Waals surface area (Å²) in [5.41, 5.74) is 6.46. The van der Waals surface area contributed by atoms with Crippen LogP contribution in [0.25, 0.3) is 0 Å². The van der Waals surface area contributed by atoms with E-state index in [-0.39, 0.29) is 18.9 Å². The first-order valence-corrected chi connectivity index (χ1v) is 6.17. The van der Waals surface area contributed by atoms with Gasteiger partial charge in [-0.3, -0.25) is 9.59 Å². The van der Waals surface area contributed by atoms with Gasteiger partial charge in [0.15, 0.2) is 0 Å². The first-order chi connectivity index (χ1) is 8.85. The molecule has 0 aliphatic rings.